The molecule has 0 amide bonds. The van der Waals surface area contributed by atoms with E-state index in [4.69, 9.17) is 11.6 Å². The van der Waals surface area contributed by atoms with Crippen molar-refractivity contribution in [1.82, 2.24) is 15.0 Å². The quantitative estimate of drug-likeness (QED) is 0.876. The molecule has 2 aromatic heterocycles. The molecule has 0 saturated heterocycles. The van der Waals surface area contributed by atoms with Crippen LogP contribution >= 0.6 is 11.6 Å². The van der Waals surface area contributed by atoms with E-state index in [1.54, 1.807) is 18.5 Å². The highest BCUT2D eigenvalue weighted by Crippen LogP contribution is 2.22. The maximum Gasteiger partial charge on any atom is 0.137 e. The Balaban J connectivity index is 2.01. The molecule has 0 bridgehead atoms. The molecule has 4 nitrogen and oxygen atoms in total. The van der Waals surface area contributed by atoms with Crippen LogP contribution in [0.5, 0.6) is 0 Å². The summed E-state index contributed by atoms with van der Waals surface area (Å²) in [7, 11) is 0. The van der Waals surface area contributed by atoms with Crippen molar-refractivity contribution in [3.8, 4) is 0 Å². The number of pyridine rings is 1. The van der Waals surface area contributed by atoms with Gasteiger partial charge in [0.2, 0.25) is 0 Å². The van der Waals surface area contributed by atoms with Crippen LogP contribution in [0.1, 0.15) is 32.2 Å². The summed E-state index contributed by atoms with van der Waals surface area (Å²) in [6.07, 6.45) is 4.51. The zero-order valence-electron chi connectivity index (χ0n) is 12.0. The summed E-state index contributed by atoms with van der Waals surface area (Å²) in [6.45, 7) is 7.00. The van der Waals surface area contributed by atoms with Gasteiger partial charge in [-0.25, -0.2) is 9.97 Å². The highest BCUT2D eigenvalue weighted by atomic mass is 35.5. The van der Waals surface area contributed by atoms with Gasteiger partial charge < -0.3 is 5.32 Å². The third-order valence-corrected chi connectivity index (χ3v) is 3.03. The van der Waals surface area contributed by atoms with Crippen LogP contribution in [-0.2, 0) is 11.8 Å². The van der Waals surface area contributed by atoms with E-state index in [-0.39, 0.29) is 5.41 Å². The van der Waals surface area contributed by atoms with E-state index in [0.29, 0.717) is 5.15 Å². The van der Waals surface area contributed by atoms with Crippen LogP contribution in [0.4, 0.5) is 5.82 Å². The van der Waals surface area contributed by atoms with E-state index < -0.39 is 0 Å². The lowest BCUT2D eigenvalue weighted by Gasteiger charge is -2.17. The number of nitrogens with zero attached hydrogens (tertiary/aromatic N) is 3. The minimum Gasteiger partial charge on any atom is -0.370 e. The number of rotatable bonds is 4. The Bertz CT molecular complexity index is 564. The lowest BCUT2D eigenvalue weighted by molar-refractivity contribution is 0.546. The number of hydrogen-bond donors (Lipinski definition) is 1. The van der Waals surface area contributed by atoms with Crippen molar-refractivity contribution in [2.45, 2.75) is 32.6 Å². The SMILES string of the molecule is CC(C)(C)c1nc(Cl)cc(NCCc2ccncc2)n1. The van der Waals surface area contributed by atoms with E-state index in [9.17, 15) is 0 Å². The molecule has 0 spiro atoms. The first-order valence-electron chi connectivity index (χ1n) is 6.63. The standard InChI is InChI=1S/C15H19ClN4/c1-15(2,3)14-19-12(16)10-13(20-14)18-9-6-11-4-7-17-8-5-11/h4-5,7-8,10H,6,9H2,1-3H3,(H,18,19,20). The van der Waals surface area contributed by atoms with Crippen molar-refractivity contribution < 1.29 is 0 Å². The second-order valence-electron chi connectivity index (χ2n) is 5.68. The van der Waals surface area contributed by atoms with Gasteiger partial charge in [-0.1, -0.05) is 32.4 Å². The zero-order chi connectivity index (χ0) is 14.6. The Labute approximate surface area is 124 Å². The number of aromatic nitrogens is 3. The van der Waals surface area contributed by atoms with Crippen LogP contribution in [0, 0.1) is 0 Å². The summed E-state index contributed by atoms with van der Waals surface area (Å²) in [5.41, 5.74) is 1.12. The first-order valence-corrected chi connectivity index (χ1v) is 7.01. The van der Waals surface area contributed by atoms with Gasteiger partial charge in [-0.05, 0) is 24.1 Å². The fourth-order valence-electron chi connectivity index (χ4n) is 1.73. The van der Waals surface area contributed by atoms with Crippen LogP contribution < -0.4 is 5.32 Å². The fraction of sp³-hybridized carbons (Fsp3) is 0.400. The molecule has 0 saturated carbocycles. The number of hydrogen-bond acceptors (Lipinski definition) is 4. The van der Waals surface area contributed by atoms with Gasteiger partial charge in [0.05, 0.1) is 0 Å². The van der Waals surface area contributed by atoms with E-state index in [1.807, 2.05) is 12.1 Å². The predicted molar refractivity (Wildman–Crippen MR) is 82.2 cm³/mol. The lowest BCUT2D eigenvalue weighted by Crippen LogP contribution is -2.17. The van der Waals surface area contributed by atoms with E-state index in [2.05, 4.69) is 41.0 Å². The van der Waals surface area contributed by atoms with Gasteiger partial charge in [-0.3, -0.25) is 4.98 Å². The zero-order valence-corrected chi connectivity index (χ0v) is 12.8. The molecule has 0 unspecified atom stereocenters. The van der Waals surface area contributed by atoms with Crippen molar-refractivity contribution in [2.24, 2.45) is 0 Å². The second kappa shape index (κ2) is 6.18. The molecule has 0 aliphatic carbocycles. The average molecular weight is 291 g/mol. The van der Waals surface area contributed by atoms with Crippen LogP contribution in [-0.4, -0.2) is 21.5 Å². The van der Waals surface area contributed by atoms with E-state index in [1.165, 1.54) is 5.56 Å². The van der Waals surface area contributed by atoms with Gasteiger partial charge in [0.25, 0.3) is 0 Å². The summed E-state index contributed by atoms with van der Waals surface area (Å²) in [5.74, 6) is 1.51. The average Bonchev–Trinajstić information content (AvgIpc) is 2.38. The molecular weight excluding hydrogens is 272 g/mol. The summed E-state index contributed by atoms with van der Waals surface area (Å²) in [6, 6.07) is 5.77. The largest absolute Gasteiger partial charge is 0.370 e. The normalized spacial score (nSPS) is 11.4. The van der Waals surface area contributed by atoms with Crippen LogP contribution in [0.2, 0.25) is 5.15 Å². The third kappa shape index (κ3) is 4.17. The molecule has 2 heterocycles. The van der Waals surface area contributed by atoms with Gasteiger partial charge in [0, 0.05) is 30.4 Å². The highest BCUT2D eigenvalue weighted by Gasteiger charge is 2.18. The monoisotopic (exact) mass is 290 g/mol. The highest BCUT2D eigenvalue weighted by molar-refractivity contribution is 6.29. The molecule has 106 valence electrons. The van der Waals surface area contributed by atoms with Crippen LogP contribution in [0.15, 0.2) is 30.6 Å². The number of halogens is 1. The van der Waals surface area contributed by atoms with Crippen LogP contribution in [0.3, 0.4) is 0 Å². The Morgan fingerprint density at radius 2 is 1.85 bits per heavy atom. The maximum atomic E-state index is 6.05. The minimum absolute atomic E-state index is 0.119. The van der Waals surface area contributed by atoms with Crippen molar-refractivity contribution >= 4 is 17.4 Å². The van der Waals surface area contributed by atoms with E-state index >= 15 is 0 Å². The molecule has 0 fully saturated rings. The van der Waals surface area contributed by atoms with Gasteiger partial charge >= 0.3 is 0 Å². The minimum atomic E-state index is -0.119. The fourth-order valence-corrected chi connectivity index (χ4v) is 1.91. The van der Waals surface area contributed by atoms with Crippen molar-refractivity contribution in [3.05, 3.63) is 47.1 Å². The van der Waals surface area contributed by atoms with Gasteiger partial charge in [-0.2, -0.15) is 0 Å². The van der Waals surface area contributed by atoms with Gasteiger partial charge in [0.15, 0.2) is 0 Å². The molecule has 5 heteroatoms. The Morgan fingerprint density at radius 1 is 1.15 bits per heavy atom. The molecule has 20 heavy (non-hydrogen) atoms. The molecule has 2 rings (SSSR count). The topological polar surface area (TPSA) is 50.7 Å². The van der Waals surface area contributed by atoms with Crippen molar-refractivity contribution in [3.63, 3.8) is 0 Å². The summed E-state index contributed by atoms with van der Waals surface area (Å²) in [4.78, 5) is 12.8. The summed E-state index contributed by atoms with van der Waals surface area (Å²) < 4.78 is 0. The van der Waals surface area contributed by atoms with Gasteiger partial charge in [0.1, 0.15) is 16.8 Å². The molecule has 0 aromatic carbocycles. The lowest BCUT2D eigenvalue weighted by atomic mass is 9.96. The summed E-state index contributed by atoms with van der Waals surface area (Å²) >= 11 is 6.05. The molecule has 1 N–H and O–H groups in total. The number of anilines is 1. The first kappa shape index (κ1) is 14.7. The second-order valence-corrected chi connectivity index (χ2v) is 6.07. The van der Waals surface area contributed by atoms with Gasteiger partial charge in [-0.15, -0.1) is 0 Å². The van der Waals surface area contributed by atoms with Crippen LogP contribution in [0.25, 0.3) is 0 Å². The summed E-state index contributed by atoms with van der Waals surface area (Å²) in [5, 5.41) is 3.76. The molecule has 0 aliphatic heterocycles. The smallest absolute Gasteiger partial charge is 0.137 e. The molecule has 2 aromatic rings. The third-order valence-electron chi connectivity index (χ3n) is 2.83. The Kier molecular flexibility index (Phi) is 4.55. The first-order chi connectivity index (χ1) is 9.45. The Hall–Kier alpha value is -1.68. The molecule has 0 atom stereocenters. The Morgan fingerprint density at radius 3 is 2.50 bits per heavy atom. The molecule has 0 aliphatic rings. The predicted octanol–water partition coefficient (Wildman–Crippen LogP) is 3.48. The van der Waals surface area contributed by atoms with E-state index in [0.717, 1.165) is 24.6 Å². The van der Waals surface area contributed by atoms with Crippen molar-refractivity contribution in [2.75, 3.05) is 11.9 Å². The van der Waals surface area contributed by atoms with Crippen molar-refractivity contribution in [1.29, 1.82) is 0 Å². The number of nitrogens with one attached hydrogen (secondary N) is 1. The molecular formula is C15H19ClN4. The molecule has 0 radical (unpaired) electrons. The maximum absolute atomic E-state index is 6.05.